The zero-order chi connectivity index (χ0) is 6.24. The summed E-state index contributed by atoms with van der Waals surface area (Å²) in [5.74, 6) is 0. The minimum absolute atomic E-state index is 0.164. The third-order valence-electron chi connectivity index (χ3n) is 0.567. The molecule has 0 fully saturated rings. The van der Waals surface area contributed by atoms with Crippen molar-refractivity contribution < 1.29 is 9.84 Å². The van der Waals surface area contributed by atoms with Crippen LogP contribution in [0.3, 0.4) is 0 Å². The third kappa shape index (κ3) is 5.24. The van der Waals surface area contributed by atoms with Crippen LogP contribution in [0.25, 0.3) is 0 Å². The fourth-order valence-corrected chi connectivity index (χ4v) is 0.254. The summed E-state index contributed by atoms with van der Waals surface area (Å²) < 4.78 is 4.61. The maximum Gasteiger partial charge on any atom is 0.0862 e. The van der Waals surface area contributed by atoms with E-state index in [0.717, 1.165) is 0 Å². The highest BCUT2D eigenvalue weighted by atomic mass is 16.5. The van der Waals surface area contributed by atoms with Gasteiger partial charge in [-0.1, -0.05) is 6.58 Å². The highest BCUT2D eigenvalue weighted by Crippen LogP contribution is 1.81. The Labute approximate surface area is 49.1 Å². The molecular weight excluding hydrogens is 104 g/mol. The molecule has 0 unspecified atom stereocenters. The average molecular weight is 114 g/mol. The monoisotopic (exact) mass is 114 g/mol. The van der Waals surface area contributed by atoms with Crippen LogP contribution >= 0.6 is 0 Å². The Kier molecular flexibility index (Phi) is 5.65. The van der Waals surface area contributed by atoms with Gasteiger partial charge < -0.3 is 9.84 Å². The molecule has 46 valence electrons. The third-order valence-corrected chi connectivity index (χ3v) is 0.567. The molecule has 0 heterocycles. The van der Waals surface area contributed by atoms with Gasteiger partial charge in [0.15, 0.2) is 0 Å². The van der Waals surface area contributed by atoms with Crippen LogP contribution in [-0.2, 0) is 4.74 Å². The van der Waals surface area contributed by atoms with E-state index in [4.69, 9.17) is 5.11 Å². The largest absolute Gasteiger partial charge is 0.474 e. The summed E-state index contributed by atoms with van der Waals surface area (Å²) in [7, 11) is 0. The first-order valence-corrected chi connectivity index (χ1v) is 2.44. The number of aliphatic hydroxyl groups excluding tert-OH is 1. The van der Waals surface area contributed by atoms with Crippen molar-refractivity contribution in [3.63, 3.8) is 0 Å². The normalized spacial score (nSPS) is 9.62. The molecule has 0 saturated heterocycles. The molecule has 2 nitrogen and oxygen atoms in total. The summed E-state index contributed by atoms with van der Waals surface area (Å²) in [5.41, 5.74) is 0. The Morgan fingerprint density at radius 3 is 2.88 bits per heavy atom. The van der Waals surface area contributed by atoms with Crippen LogP contribution in [0.5, 0.6) is 0 Å². The van der Waals surface area contributed by atoms with Crippen LogP contribution < -0.4 is 0 Å². The van der Waals surface area contributed by atoms with E-state index in [-0.39, 0.29) is 6.61 Å². The minimum Gasteiger partial charge on any atom is -0.474 e. The molecule has 0 aliphatic carbocycles. The molecule has 0 spiro atoms. The van der Waals surface area contributed by atoms with Gasteiger partial charge in [0.25, 0.3) is 0 Å². The van der Waals surface area contributed by atoms with Crippen molar-refractivity contribution in [3.05, 3.63) is 25.2 Å². The quantitative estimate of drug-likeness (QED) is 0.553. The lowest BCUT2D eigenvalue weighted by atomic mass is 10.4. The molecular formula is C6H10O2. The topological polar surface area (TPSA) is 29.5 Å². The zero-order valence-corrected chi connectivity index (χ0v) is 4.71. The number of hydrogen-bond acceptors (Lipinski definition) is 2. The highest BCUT2D eigenvalue weighted by molar-refractivity contribution is 4.74. The molecule has 1 N–H and O–H groups in total. The summed E-state index contributed by atoms with van der Waals surface area (Å²) in [6.07, 6.45) is 5.17. The lowest BCUT2D eigenvalue weighted by molar-refractivity contribution is 0.300. The predicted octanol–water partition coefficient (Wildman–Crippen LogP) is 1.04. The highest BCUT2D eigenvalue weighted by Gasteiger charge is 1.70. The molecule has 0 aliphatic heterocycles. The van der Waals surface area contributed by atoms with E-state index in [1.807, 2.05) is 0 Å². The van der Waals surface area contributed by atoms with Crippen LogP contribution in [0, 0.1) is 0 Å². The molecule has 0 amide bonds. The first-order chi connectivity index (χ1) is 3.91. The summed E-state index contributed by atoms with van der Waals surface area (Å²) >= 11 is 0. The molecule has 2 heteroatoms. The molecule has 0 radical (unpaired) electrons. The molecule has 0 saturated carbocycles. The van der Waals surface area contributed by atoms with Crippen LogP contribution in [0.1, 0.15) is 6.42 Å². The van der Waals surface area contributed by atoms with Gasteiger partial charge in [0.2, 0.25) is 0 Å². The number of ether oxygens (including phenoxy) is 1. The zero-order valence-electron chi connectivity index (χ0n) is 4.71. The first-order valence-electron chi connectivity index (χ1n) is 2.44. The number of rotatable bonds is 4. The van der Waals surface area contributed by atoms with Crippen molar-refractivity contribution in [1.29, 1.82) is 0 Å². The van der Waals surface area contributed by atoms with Gasteiger partial charge in [-0.2, -0.15) is 0 Å². The van der Waals surface area contributed by atoms with Gasteiger partial charge in [-0.05, 0) is 12.5 Å². The SMILES string of the molecule is C=COC=CCCO. The predicted molar refractivity (Wildman–Crippen MR) is 32.1 cm³/mol. The molecule has 0 aliphatic rings. The van der Waals surface area contributed by atoms with Crippen molar-refractivity contribution >= 4 is 0 Å². The van der Waals surface area contributed by atoms with Gasteiger partial charge in [0, 0.05) is 6.61 Å². The maximum absolute atomic E-state index is 8.23. The Morgan fingerprint density at radius 1 is 1.62 bits per heavy atom. The molecule has 0 aromatic heterocycles. The Morgan fingerprint density at radius 2 is 2.38 bits per heavy atom. The Bertz CT molecular complexity index is 76.6. The number of aliphatic hydroxyl groups is 1. The van der Waals surface area contributed by atoms with E-state index >= 15 is 0 Å². The van der Waals surface area contributed by atoms with Gasteiger partial charge >= 0.3 is 0 Å². The van der Waals surface area contributed by atoms with E-state index in [0.29, 0.717) is 6.42 Å². The molecule has 0 bridgehead atoms. The smallest absolute Gasteiger partial charge is 0.0862 e. The minimum atomic E-state index is 0.164. The van der Waals surface area contributed by atoms with Crippen molar-refractivity contribution in [1.82, 2.24) is 0 Å². The Balaban J connectivity index is 2.94. The molecule has 0 aromatic rings. The van der Waals surface area contributed by atoms with Crippen molar-refractivity contribution in [2.24, 2.45) is 0 Å². The van der Waals surface area contributed by atoms with Crippen LogP contribution in [0.4, 0.5) is 0 Å². The molecule has 0 atom stereocenters. The fourth-order valence-electron chi connectivity index (χ4n) is 0.254. The van der Waals surface area contributed by atoms with Gasteiger partial charge in [-0.3, -0.25) is 0 Å². The van der Waals surface area contributed by atoms with E-state index in [9.17, 15) is 0 Å². The van der Waals surface area contributed by atoms with E-state index in [1.165, 1.54) is 12.5 Å². The first kappa shape index (κ1) is 7.24. The molecule has 0 aromatic carbocycles. The van der Waals surface area contributed by atoms with Crippen molar-refractivity contribution in [2.75, 3.05) is 6.61 Å². The number of hydrogen-bond donors (Lipinski definition) is 1. The summed E-state index contributed by atoms with van der Waals surface area (Å²) in [4.78, 5) is 0. The van der Waals surface area contributed by atoms with E-state index in [1.54, 1.807) is 6.08 Å². The summed E-state index contributed by atoms with van der Waals surface area (Å²) in [5, 5.41) is 8.23. The van der Waals surface area contributed by atoms with Gasteiger partial charge in [-0.15, -0.1) is 0 Å². The van der Waals surface area contributed by atoms with Crippen LogP contribution in [0.2, 0.25) is 0 Å². The lowest BCUT2D eigenvalue weighted by Crippen LogP contribution is -1.75. The van der Waals surface area contributed by atoms with Gasteiger partial charge in [0.05, 0.1) is 12.5 Å². The van der Waals surface area contributed by atoms with Gasteiger partial charge in [-0.25, -0.2) is 0 Å². The van der Waals surface area contributed by atoms with Gasteiger partial charge in [0.1, 0.15) is 0 Å². The van der Waals surface area contributed by atoms with Crippen molar-refractivity contribution in [3.8, 4) is 0 Å². The lowest BCUT2D eigenvalue weighted by Gasteiger charge is -1.84. The van der Waals surface area contributed by atoms with Crippen molar-refractivity contribution in [2.45, 2.75) is 6.42 Å². The second-order valence-electron chi connectivity index (χ2n) is 1.19. The van der Waals surface area contributed by atoms with Crippen LogP contribution in [-0.4, -0.2) is 11.7 Å². The standard InChI is InChI=1S/C6H10O2/c1-2-8-6-4-3-5-7/h2,4,6-7H,1,3,5H2. The van der Waals surface area contributed by atoms with Crippen LogP contribution in [0.15, 0.2) is 25.2 Å². The molecule has 8 heavy (non-hydrogen) atoms. The maximum atomic E-state index is 8.23. The second-order valence-corrected chi connectivity index (χ2v) is 1.19. The van der Waals surface area contributed by atoms with E-state index in [2.05, 4.69) is 11.3 Å². The average Bonchev–Trinajstić information content (AvgIpc) is 1.81. The van der Waals surface area contributed by atoms with E-state index < -0.39 is 0 Å². The summed E-state index contributed by atoms with van der Waals surface area (Å²) in [6.45, 7) is 3.49. The summed E-state index contributed by atoms with van der Waals surface area (Å²) in [6, 6.07) is 0. The Hall–Kier alpha value is -0.760. The molecule has 0 rings (SSSR count). The fraction of sp³-hybridized carbons (Fsp3) is 0.333. The second kappa shape index (κ2) is 6.24.